The molecule has 1 heterocycles. The topological polar surface area (TPSA) is 48.9 Å². The first kappa shape index (κ1) is 26.2. The standard InChI is InChI=1S/C23H40N4O.HI/c1-6-23(7-2,26-19(4)21-12-10-9-11-13-21)18-25-22(24-8-3)27-15-14-20(16-27)17-28-5;/h9-13,19-20,26H,6-8,14-18H2,1-5H3,(H,24,25);1H. The van der Waals surface area contributed by atoms with Gasteiger partial charge in [0, 0.05) is 44.2 Å². The van der Waals surface area contributed by atoms with Crippen LogP contribution >= 0.6 is 24.0 Å². The minimum absolute atomic E-state index is 0. The van der Waals surface area contributed by atoms with Crippen LogP contribution < -0.4 is 10.6 Å². The predicted molar refractivity (Wildman–Crippen MR) is 134 cm³/mol. The second-order valence-corrected chi connectivity index (χ2v) is 7.99. The van der Waals surface area contributed by atoms with Crippen LogP contribution in [0.1, 0.15) is 58.6 Å². The summed E-state index contributed by atoms with van der Waals surface area (Å²) >= 11 is 0. The molecule has 2 atom stereocenters. The van der Waals surface area contributed by atoms with Crippen LogP contribution in [0.25, 0.3) is 0 Å². The van der Waals surface area contributed by atoms with E-state index in [2.05, 4.69) is 73.6 Å². The SMILES string of the molecule is CCNC(=NCC(CC)(CC)NC(C)c1ccccc1)N1CCC(COC)C1.I. The Morgan fingerprint density at radius 2 is 1.93 bits per heavy atom. The molecule has 1 aromatic carbocycles. The molecular weight excluding hydrogens is 475 g/mol. The molecule has 0 saturated carbocycles. The number of rotatable bonds is 10. The van der Waals surface area contributed by atoms with Crippen LogP contribution in [0.3, 0.4) is 0 Å². The van der Waals surface area contributed by atoms with Crippen LogP contribution in [-0.4, -0.2) is 56.3 Å². The van der Waals surface area contributed by atoms with E-state index in [0.717, 1.165) is 51.6 Å². The molecule has 0 aromatic heterocycles. The van der Waals surface area contributed by atoms with E-state index in [1.165, 1.54) is 12.0 Å². The highest BCUT2D eigenvalue weighted by Crippen LogP contribution is 2.23. The zero-order chi connectivity index (χ0) is 20.4. The highest BCUT2D eigenvalue weighted by atomic mass is 127. The van der Waals surface area contributed by atoms with Crippen LogP contribution in [0.4, 0.5) is 0 Å². The fourth-order valence-electron chi connectivity index (χ4n) is 4.06. The number of hydrogen-bond donors (Lipinski definition) is 2. The van der Waals surface area contributed by atoms with Gasteiger partial charge in [0.1, 0.15) is 0 Å². The number of nitrogens with one attached hydrogen (secondary N) is 2. The van der Waals surface area contributed by atoms with Gasteiger partial charge in [0.15, 0.2) is 5.96 Å². The zero-order valence-electron chi connectivity index (χ0n) is 18.9. The second kappa shape index (κ2) is 13.4. The summed E-state index contributed by atoms with van der Waals surface area (Å²) in [7, 11) is 1.79. The van der Waals surface area contributed by atoms with Gasteiger partial charge in [-0.15, -0.1) is 24.0 Å². The maximum absolute atomic E-state index is 5.35. The largest absolute Gasteiger partial charge is 0.384 e. The number of ether oxygens (including phenoxy) is 1. The number of aliphatic imine (C=N–C) groups is 1. The van der Waals surface area contributed by atoms with Gasteiger partial charge in [0.25, 0.3) is 0 Å². The molecule has 1 saturated heterocycles. The molecule has 5 nitrogen and oxygen atoms in total. The lowest BCUT2D eigenvalue weighted by Crippen LogP contribution is -2.49. The van der Waals surface area contributed by atoms with Crippen LogP contribution in [0.15, 0.2) is 35.3 Å². The molecule has 2 unspecified atom stereocenters. The van der Waals surface area contributed by atoms with E-state index in [1.54, 1.807) is 7.11 Å². The summed E-state index contributed by atoms with van der Waals surface area (Å²) in [6, 6.07) is 11.0. The van der Waals surface area contributed by atoms with Gasteiger partial charge in [-0.05, 0) is 38.7 Å². The summed E-state index contributed by atoms with van der Waals surface area (Å²) in [6.07, 6.45) is 3.28. The third kappa shape index (κ3) is 7.72. The Kier molecular flexibility index (Phi) is 12.1. The van der Waals surface area contributed by atoms with E-state index in [1.807, 2.05) is 0 Å². The van der Waals surface area contributed by atoms with E-state index in [-0.39, 0.29) is 29.5 Å². The van der Waals surface area contributed by atoms with Crippen LogP contribution in [0.2, 0.25) is 0 Å². The van der Waals surface area contributed by atoms with Crippen molar-refractivity contribution in [3.63, 3.8) is 0 Å². The molecule has 1 aromatic rings. The first-order chi connectivity index (χ1) is 13.6. The first-order valence-electron chi connectivity index (χ1n) is 10.9. The van der Waals surface area contributed by atoms with Crippen molar-refractivity contribution in [3.8, 4) is 0 Å². The number of methoxy groups -OCH3 is 1. The fourth-order valence-corrected chi connectivity index (χ4v) is 4.06. The van der Waals surface area contributed by atoms with Gasteiger partial charge in [-0.2, -0.15) is 0 Å². The van der Waals surface area contributed by atoms with Crippen LogP contribution in [0.5, 0.6) is 0 Å². The highest BCUT2D eigenvalue weighted by molar-refractivity contribution is 14.0. The molecule has 6 heteroatoms. The van der Waals surface area contributed by atoms with Gasteiger partial charge in [0.2, 0.25) is 0 Å². The first-order valence-corrected chi connectivity index (χ1v) is 10.9. The minimum atomic E-state index is 0. The van der Waals surface area contributed by atoms with Crippen molar-refractivity contribution in [2.45, 2.75) is 58.5 Å². The Labute approximate surface area is 195 Å². The third-order valence-electron chi connectivity index (χ3n) is 6.03. The molecule has 166 valence electrons. The fraction of sp³-hybridized carbons (Fsp3) is 0.696. The van der Waals surface area contributed by atoms with Crippen molar-refractivity contribution in [3.05, 3.63) is 35.9 Å². The van der Waals surface area contributed by atoms with Crippen molar-refractivity contribution < 1.29 is 4.74 Å². The molecular formula is C23H41IN4O. The average Bonchev–Trinajstić information content (AvgIpc) is 3.19. The molecule has 1 aliphatic heterocycles. The number of hydrogen-bond acceptors (Lipinski definition) is 3. The normalized spacial score (nSPS) is 18.4. The Morgan fingerprint density at radius 1 is 1.24 bits per heavy atom. The molecule has 0 bridgehead atoms. The molecule has 0 radical (unpaired) electrons. The quantitative estimate of drug-likeness (QED) is 0.274. The number of nitrogens with zero attached hydrogens (tertiary/aromatic N) is 2. The summed E-state index contributed by atoms with van der Waals surface area (Å²) in [5, 5.41) is 7.39. The van der Waals surface area contributed by atoms with Gasteiger partial charge in [0.05, 0.1) is 13.2 Å². The summed E-state index contributed by atoms with van der Waals surface area (Å²) in [4.78, 5) is 7.47. The maximum Gasteiger partial charge on any atom is 0.193 e. The summed E-state index contributed by atoms with van der Waals surface area (Å²) in [5.41, 5.74) is 1.33. The lowest BCUT2D eigenvalue weighted by atomic mass is 9.90. The summed E-state index contributed by atoms with van der Waals surface area (Å²) < 4.78 is 5.35. The maximum atomic E-state index is 5.35. The molecule has 2 N–H and O–H groups in total. The second-order valence-electron chi connectivity index (χ2n) is 7.99. The van der Waals surface area contributed by atoms with Gasteiger partial charge in [-0.1, -0.05) is 44.2 Å². The molecule has 0 aliphatic carbocycles. The van der Waals surface area contributed by atoms with Gasteiger partial charge < -0.3 is 20.3 Å². The molecule has 1 aliphatic rings. The Hall–Kier alpha value is -0.860. The summed E-state index contributed by atoms with van der Waals surface area (Å²) in [5.74, 6) is 1.65. The lowest BCUT2D eigenvalue weighted by Gasteiger charge is -2.35. The van der Waals surface area contributed by atoms with E-state index >= 15 is 0 Å². The third-order valence-corrected chi connectivity index (χ3v) is 6.03. The van der Waals surface area contributed by atoms with Crippen LogP contribution in [0, 0.1) is 5.92 Å². The number of benzene rings is 1. The van der Waals surface area contributed by atoms with Crippen molar-refractivity contribution >= 4 is 29.9 Å². The molecule has 29 heavy (non-hydrogen) atoms. The van der Waals surface area contributed by atoms with E-state index in [4.69, 9.17) is 9.73 Å². The van der Waals surface area contributed by atoms with Crippen molar-refractivity contribution in [1.29, 1.82) is 0 Å². The predicted octanol–water partition coefficient (Wildman–Crippen LogP) is 4.45. The minimum Gasteiger partial charge on any atom is -0.384 e. The smallest absolute Gasteiger partial charge is 0.193 e. The Morgan fingerprint density at radius 3 is 2.52 bits per heavy atom. The summed E-state index contributed by atoms with van der Waals surface area (Å²) in [6.45, 7) is 13.5. The lowest BCUT2D eigenvalue weighted by molar-refractivity contribution is 0.157. The van der Waals surface area contributed by atoms with Gasteiger partial charge >= 0.3 is 0 Å². The molecule has 1 fully saturated rings. The van der Waals surface area contributed by atoms with E-state index in [0.29, 0.717) is 12.0 Å². The van der Waals surface area contributed by atoms with Crippen molar-refractivity contribution in [2.75, 3.05) is 39.9 Å². The number of guanidine groups is 1. The average molecular weight is 517 g/mol. The van der Waals surface area contributed by atoms with E-state index < -0.39 is 0 Å². The van der Waals surface area contributed by atoms with E-state index in [9.17, 15) is 0 Å². The van der Waals surface area contributed by atoms with Gasteiger partial charge in [-0.3, -0.25) is 4.99 Å². The number of likely N-dealkylation sites (tertiary alicyclic amines) is 1. The monoisotopic (exact) mass is 516 g/mol. The molecule has 0 spiro atoms. The Bertz CT molecular complexity index is 592. The zero-order valence-corrected chi connectivity index (χ0v) is 21.2. The van der Waals surface area contributed by atoms with Gasteiger partial charge in [-0.25, -0.2) is 0 Å². The highest BCUT2D eigenvalue weighted by Gasteiger charge is 2.29. The molecule has 0 amide bonds. The van der Waals surface area contributed by atoms with Crippen LogP contribution in [-0.2, 0) is 4.74 Å². The number of halogens is 1. The van der Waals surface area contributed by atoms with Crippen molar-refractivity contribution in [1.82, 2.24) is 15.5 Å². The van der Waals surface area contributed by atoms with Crippen molar-refractivity contribution in [2.24, 2.45) is 10.9 Å². The Balaban J connectivity index is 0.00000420. The molecule has 2 rings (SSSR count).